The molecule has 138 valence electrons. The minimum Gasteiger partial charge on any atom is -0.356 e. The number of nitrogens with zero attached hydrogens (tertiary/aromatic N) is 3. The quantitative estimate of drug-likeness (QED) is 0.845. The molecular formula is C19H24N4O2S. The summed E-state index contributed by atoms with van der Waals surface area (Å²) in [4.78, 5) is 27.0. The largest absolute Gasteiger partial charge is 0.356 e. The average Bonchev–Trinajstić information content (AvgIpc) is 3.11. The van der Waals surface area contributed by atoms with Gasteiger partial charge < -0.3 is 10.2 Å². The van der Waals surface area contributed by atoms with Crippen LogP contribution < -0.4 is 5.32 Å². The molecule has 26 heavy (non-hydrogen) atoms. The van der Waals surface area contributed by atoms with Crippen LogP contribution in [-0.4, -0.2) is 45.9 Å². The van der Waals surface area contributed by atoms with Gasteiger partial charge in [0.2, 0.25) is 5.91 Å². The lowest BCUT2D eigenvalue weighted by atomic mass is 9.96. The number of carbonyl (C=O) groups excluding carboxylic acids is 2. The third kappa shape index (κ3) is 4.88. The lowest BCUT2D eigenvalue weighted by Crippen LogP contribution is -2.41. The minimum atomic E-state index is 0.0304. The van der Waals surface area contributed by atoms with Crippen molar-refractivity contribution in [2.24, 2.45) is 5.92 Å². The number of carbonyl (C=O) groups is 2. The monoisotopic (exact) mass is 372 g/mol. The maximum absolute atomic E-state index is 12.5. The number of aromatic nitrogens is 2. The van der Waals surface area contributed by atoms with E-state index < -0.39 is 0 Å². The Balaban J connectivity index is 1.37. The van der Waals surface area contributed by atoms with Crippen LogP contribution in [0.25, 0.3) is 0 Å². The van der Waals surface area contributed by atoms with Crippen molar-refractivity contribution in [2.75, 3.05) is 19.6 Å². The van der Waals surface area contributed by atoms with Crippen molar-refractivity contribution in [3.63, 3.8) is 0 Å². The predicted molar refractivity (Wildman–Crippen MR) is 101 cm³/mol. The standard InChI is InChI=1S/C19H24N4O2S/c1-14-18(26-22-21-14)19(25)23-11-9-16(10-12-23)13-20-17(24)8-7-15-5-3-2-4-6-15/h2-6,16H,7-13H2,1H3,(H,20,24). The van der Waals surface area contributed by atoms with E-state index in [0.29, 0.717) is 29.5 Å². The molecule has 2 heterocycles. The molecular weight excluding hydrogens is 348 g/mol. The van der Waals surface area contributed by atoms with E-state index in [1.165, 1.54) is 5.56 Å². The molecule has 2 amide bonds. The molecule has 0 unspecified atom stereocenters. The van der Waals surface area contributed by atoms with Crippen molar-refractivity contribution in [3.8, 4) is 0 Å². The second kappa shape index (κ2) is 8.89. The first-order valence-electron chi connectivity index (χ1n) is 9.02. The van der Waals surface area contributed by atoms with Crippen LogP contribution in [-0.2, 0) is 11.2 Å². The minimum absolute atomic E-state index is 0.0304. The molecule has 1 N–H and O–H groups in total. The summed E-state index contributed by atoms with van der Waals surface area (Å²) >= 11 is 1.16. The Bertz CT molecular complexity index is 739. The van der Waals surface area contributed by atoms with Crippen molar-refractivity contribution in [1.29, 1.82) is 0 Å². The lowest BCUT2D eigenvalue weighted by molar-refractivity contribution is -0.121. The van der Waals surface area contributed by atoms with Gasteiger partial charge in [0.15, 0.2) is 0 Å². The fraction of sp³-hybridized carbons (Fsp3) is 0.474. The van der Waals surface area contributed by atoms with Gasteiger partial charge in [-0.15, -0.1) is 5.10 Å². The molecule has 2 aromatic rings. The Morgan fingerprint density at radius 2 is 1.96 bits per heavy atom. The van der Waals surface area contributed by atoms with Crippen LogP contribution >= 0.6 is 11.5 Å². The van der Waals surface area contributed by atoms with E-state index in [4.69, 9.17) is 0 Å². The highest BCUT2D eigenvalue weighted by Crippen LogP contribution is 2.20. The lowest BCUT2D eigenvalue weighted by Gasteiger charge is -2.31. The summed E-state index contributed by atoms with van der Waals surface area (Å²) in [7, 11) is 0. The number of hydrogen-bond acceptors (Lipinski definition) is 5. The van der Waals surface area contributed by atoms with E-state index >= 15 is 0 Å². The van der Waals surface area contributed by atoms with Gasteiger partial charge in [0.25, 0.3) is 5.91 Å². The van der Waals surface area contributed by atoms with Crippen LogP contribution in [0.1, 0.15) is 40.2 Å². The van der Waals surface area contributed by atoms with Gasteiger partial charge in [-0.25, -0.2) is 0 Å². The van der Waals surface area contributed by atoms with Crippen LogP contribution in [0.15, 0.2) is 30.3 Å². The third-order valence-electron chi connectivity index (χ3n) is 4.82. The molecule has 0 bridgehead atoms. The van der Waals surface area contributed by atoms with Gasteiger partial charge in [-0.05, 0) is 49.2 Å². The van der Waals surface area contributed by atoms with Crippen LogP contribution in [0.3, 0.4) is 0 Å². The molecule has 7 heteroatoms. The van der Waals surface area contributed by atoms with Crippen LogP contribution in [0.2, 0.25) is 0 Å². The summed E-state index contributed by atoms with van der Waals surface area (Å²) in [5.41, 5.74) is 1.88. The molecule has 0 aliphatic carbocycles. The summed E-state index contributed by atoms with van der Waals surface area (Å²) in [5, 5.41) is 6.95. The van der Waals surface area contributed by atoms with Gasteiger partial charge in [-0.2, -0.15) is 0 Å². The van der Waals surface area contributed by atoms with E-state index in [9.17, 15) is 9.59 Å². The fourth-order valence-corrected chi connectivity index (χ4v) is 3.79. The Morgan fingerprint density at radius 3 is 2.62 bits per heavy atom. The van der Waals surface area contributed by atoms with Crippen LogP contribution in [0, 0.1) is 12.8 Å². The van der Waals surface area contributed by atoms with Crippen LogP contribution in [0.4, 0.5) is 0 Å². The zero-order chi connectivity index (χ0) is 18.4. The molecule has 0 spiro atoms. The Morgan fingerprint density at radius 1 is 1.23 bits per heavy atom. The molecule has 6 nitrogen and oxygen atoms in total. The highest BCUT2D eigenvalue weighted by molar-refractivity contribution is 7.07. The second-order valence-electron chi connectivity index (χ2n) is 6.71. The molecule has 1 fully saturated rings. The molecule has 3 rings (SSSR count). The zero-order valence-electron chi connectivity index (χ0n) is 15.0. The second-order valence-corrected chi connectivity index (χ2v) is 7.47. The summed E-state index contributed by atoms with van der Waals surface area (Å²) in [5.74, 6) is 0.557. The average molecular weight is 372 g/mol. The molecule has 1 aliphatic heterocycles. The van der Waals surface area contributed by atoms with Crippen molar-refractivity contribution in [1.82, 2.24) is 19.8 Å². The SMILES string of the molecule is Cc1nnsc1C(=O)N1CCC(CNC(=O)CCc2ccccc2)CC1. The topological polar surface area (TPSA) is 75.2 Å². The zero-order valence-corrected chi connectivity index (χ0v) is 15.8. The fourth-order valence-electron chi connectivity index (χ4n) is 3.16. The van der Waals surface area contributed by atoms with E-state index in [2.05, 4.69) is 14.9 Å². The summed E-state index contributed by atoms with van der Waals surface area (Å²) < 4.78 is 3.84. The number of piperidine rings is 1. The number of hydrogen-bond donors (Lipinski definition) is 1. The predicted octanol–water partition coefficient (Wildman–Crippen LogP) is 2.45. The van der Waals surface area contributed by atoms with Gasteiger partial charge >= 0.3 is 0 Å². The van der Waals surface area contributed by atoms with Crippen molar-refractivity contribution in [3.05, 3.63) is 46.5 Å². The number of amides is 2. The number of rotatable bonds is 6. The molecule has 1 aromatic carbocycles. The number of benzene rings is 1. The van der Waals surface area contributed by atoms with Gasteiger partial charge in [0.05, 0.1) is 5.69 Å². The van der Waals surface area contributed by atoms with Crippen molar-refractivity contribution >= 4 is 23.3 Å². The number of aryl methyl sites for hydroxylation is 2. The Labute approximate surface area is 157 Å². The maximum atomic E-state index is 12.5. The van der Waals surface area contributed by atoms with Crippen molar-refractivity contribution in [2.45, 2.75) is 32.6 Å². The van der Waals surface area contributed by atoms with Gasteiger partial charge in [-0.3, -0.25) is 9.59 Å². The summed E-state index contributed by atoms with van der Waals surface area (Å²) in [6.07, 6.45) is 3.10. The van der Waals surface area contributed by atoms with Gasteiger partial charge in [-0.1, -0.05) is 34.8 Å². The molecule has 0 saturated carbocycles. The van der Waals surface area contributed by atoms with Crippen LogP contribution in [0.5, 0.6) is 0 Å². The number of nitrogens with one attached hydrogen (secondary N) is 1. The van der Waals surface area contributed by atoms with Crippen molar-refractivity contribution < 1.29 is 9.59 Å². The van der Waals surface area contributed by atoms with Gasteiger partial charge in [0.1, 0.15) is 4.88 Å². The molecule has 0 radical (unpaired) electrons. The highest BCUT2D eigenvalue weighted by Gasteiger charge is 2.26. The van der Waals surface area contributed by atoms with E-state index in [1.54, 1.807) is 0 Å². The summed E-state index contributed by atoms with van der Waals surface area (Å²) in [6, 6.07) is 10.0. The molecule has 1 aromatic heterocycles. The van der Waals surface area contributed by atoms with Gasteiger partial charge in [0, 0.05) is 26.1 Å². The highest BCUT2D eigenvalue weighted by atomic mass is 32.1. The molecule has 0 atom stereocenters. The van der Waals surface area contributed by atoms with E-state index in [0.717, 1.165) is 43.9 Å². The maximum Gasteiger partial charge on any atom is 0.267 e. The first-order chi connectivity index (χ1) is 12.6. The third-order valence-corrected chi connectivity index (χ3v) is 5.63. The first kappa shape index (κ1) is 18.5. The summed E-state index contributed by atoms with van der Waals surface area (Å²) in [6.45, 7) is 3.95. The number of likely N-dealkylation sites (tertiary alicyclic amines) is 1. The molecule has 1 aliphatic rings. The first-order valence-corrected chi connectivity index (χ1v) is 9.79. The Kier molecular flexibility index (Phi) is 6.33. The normalized spacial score (nSPS) is 15.0. The smallest absolute Gasteiger partial charge is 0.267 e. The Hall–Kier alpha value is -2.28. The van der Waals surface area contributed by atoms with E-state index in [1.807, 2.05) is 42.2 Å². The molecule has 1 saturated heterocycles. The van der Waals surface area contributed by atoms with E-state index in [-0.39, 0.29) is 11.8 Å².